The number of nitriles is 1. The Morgan fingerprint density at radius 3 is 2.67 bits per heavy atom. The lowest BCUT2D eigenvalue weighted by atomic mass is 10.1. The van der Waals surface area contributed by atoms with Crippen LogP contribution in [0.4, 0.5) is 4.39 Å². The Morgan fingerprint density at radius 1 is 1.42 bits per heavy atom. The molecule has 1 rings (SSSR count). The maximum absolute atomic E-state index is 12.9. The van der Waals surface area contributed by atoms with Gasteiger partial charge in [-0.25, -0.2) is 4.39 Å². The van der Waals surface area contributed by atoms with Gasteiger partial charge in [0.25, 0.3) is 0 Å². The van der Waals surface area contributed by atoms with Crippen LogP contribution in [-0.2, 0) is 6.42 Å². The summed E-state index contributed by atoms with van der Waals surface area (Å²) in [6.07, 6.45) is -0.0643. The molecule has 0 aliphatic rings. The van der Waals surface area contributed by atoms with Crippen LogP contribution in [0.25, 0.3) is 0 Å². The highest BCUT2D eigenvalue weighted by molar-refractivity contribution is 6.42. The van der Waals surface area contributed by atoms with Crippen LogP contribution in [0.2, 0.25) is 10.0 Å². The molecule has 0 fully saturated rings. The smallest absolute Gasteiger partial charge is 0.129 e. The van der Waals surface area contributed by atoms with Crippen LogP contribution in [0.3, 0.4) is 0 Å². The molecule has 0 aliphatic heterocycles. The van der Waals surface area contributed by atoms with Gasteiger partial charge in [-0.1, -0.05) is 23.2 Å². The summed E-state index contributed by atoms with van der Waals surface area (Å²) < 4.78 is 12.9. The first-order valence-electron chi connectivity index (χ1n) is 3.16. The van der Waals surface area contributed by atoms with Gasteiger partial charge >= 0.3 is 0 Å². The van der Waals surface area contributed by atoms with E-state index in [1.54, 1.807) is 0 Å². The van der Waals surface area contributed by atoms with Crippen LogP contribution >= 0.6 is 23.2 Å². The van der Waals surface area contributed by atoms with Gasteiger partial charge in [0.1, 0.15) is 5.82 Å². The van der Waals surface area contributed by atoms with Gasteiger partial charge in [-0.05, 0) is 12.1 Å². The predicted molar refractivity (Wildman–Crippen MR) is 45.7 cm³/mol. The fraction of sp³-hybridized carbons (Fsp3) is 0.125. The summed E-state index contributed by atoms with van der Waals surface area (Å²) in [5.74, 6) is -0.494. The highest BCUT2D eigenvalue weighted by Crippen LogP contribution is 2.27. The monoisotopic (exact) mass is 203 g/mol. The SMILES string of the molecule is N#CCc1c(F)ccc(Cl)c1Cl. The van der Waals surface area contributed by atoms with Crippen LogP contribution in [0.5, 0.6) is 0 Å². The van der Waals surface area contributed by atoms with Crippen molar-refractivity contribution in [3.63, 3.8) is 0 Å². The van der Waals surface area contributed by atoms with Crippen molar-refractivity contribution in [3.05, 3.63) is 33.6 Å². The second-order valence-corrected chi connectivity index (χ2v) is 2.94. The maximum atomic E-state index is 12.9. The number of halogens is 3. The summed E-state index contributed by atoms with van der Waals surface area (Å²) >= 11 is 11.3. The molecule has 0 saturated heterocycles. The van der Waals surface area contributed by atoms with Gasteiger partial charge in [-0.2, -0.15) is 5.26 Å². The standard InChI is InChI=1S/C8H4Cl2FN/c9-6-1-2-7(11)5(3-4-12)8(6)10/h1-2H,3H2. The van der Waals surface area contributed by atoms with Crippen molar-refractivity contribution >= 4 is 23.2 Å². The Kier molecular flexibility index (Phi) is 2.91. The predicted octanol–water partition coefficient (Wildman–Crippen LogP) is 3.20. The van der Waals surface area contributed by atoms with Gasteiger partial charge in [0.15, 0.2) is 0 Å². The molecule has 4 heteroatoms. The zero-order valence-electron chi connectivity index (χ0n) is 5.94. The summed E-state index contributed by atoms with van der Waals surface area (Å²) in [4.78, 5) is 0. The minimum atomic E-state index is -0.494. The summed E-state index contributed by atoms with van der Waals surface area (Å²) in [6, 6.07) is 4.37. The van der Waals surface area contributed by atoms with Crippen LogP contribution < -0.4 is 0 Å². The van der Waals surface area contributed by atoms with Crippen molar-refractivity contribution in [1.82, 2.24) is 0 Å². The van der Waals surface area contributed by atoms with E-state index >= 15 is 0 Å². The summed E-state index contributed by atoms with van der Waals surface area (Å²) in [5, 5.41) is 8.73. The van der Waals surface area contributed by atoms with Gasteiger partial charge in [-0.15, -0.1) is 0 Å². The first kappa shape index (κ1) is 9.31. The Hall–Kier alpha value is -0.780. The van der Waals surface area contributed by atoms with E-state index in [2.05, 4.69) is 0 Å². The lowest BCUT2D eigenvalue weighted by Crippen LogP contribution is -1.90. The van der Waals surface area contributed by atoms with E-state index in [1.165, 1.54) is 12.1 Å². The first-order chi connectivity index (χ1) is 5.66. The van der Waals surface area contributed by atoms with Crippen molar-refractivity contribution in [2.75, 3.05) is 0 Å². The highest BCUT2D eigenvalue weighted by atomic mass is 35.5. The Balaban J connectivity index is 3.25. The van der Waals surface area contributed by atoms with Crippen molar-refractivity contribution in [3.8, 4) is 6.07 Å². The average Bonchev–Trinajstić information content (AvgIpc) is 2.06. The van der Waals surface area contributed by atoms with Crippen LogP contribution in [0, 0.1) is 17.1 Å². The van der Waals surface area contributed by atoms with Crippen molar-refractivity contribution in [2.45, 2.75) is 6.42 Å². The Labute approximate surface area is 79.3 Å². The largest absolute Gasteiger partial charge is 0.207 e. The van der Waals surface area contributed by atoms with E-state index in [0.29, 0.717) is 0 Å². The molecule has 12 heavy (non-hydrogen) atoms. The van der Waals surface area contributed by atoms with E-state index in [1.807, 2.05) is 6.07 Å². The van der Waals surface area contributed by atoms with Gasteiger partial charge in [0.2, 0.25) is 0 Å². The van der Waals surface area contributed by atoms with Crippen molar-refractivity contribution < 1.29 is 4.39 Å². The molecule has 1 aromatic rings. The number of hydrogen-bond donors (Lipinski definition) is 0. The van der Waals surface area contributed by atoms with Crippen molar-refractivity contribution in [1.29, 1.82) is 5.26 Å². The molecule has 0 amide bonds. The van der Waals surface area contributed by atoms with Gasteiger partial charge in [0, 0.05) is 5.56 Å². The Bertz CT molecular complexity index is 344. The molecule has 0 unspecified atom stereocenters. The molecule has 1 aromatic carbocycles. The van der Waals surface area contributed by atoms with Crippen LogP contribution in [-0.4, -0.2) is 0 Å². The fourth-order valence-corrected chi connectivity index (χ4v) is 1.21. The van der Waals surface area contributed by atoms with Gasteiger partial charge < -0.3 is 0 Å². The van der Waals surface area contributed by atoms with Gasteiger partial charge in [-0.3, -0.25) is 0 Å². The quantitative estimate of drug-likeness (QED) is 0.644. The molecule has 1 nitrogen and oxygen atoms in total. The normalized spacial score (nSPS) is 9.50. The van der Waals surface area contributed by atoms with E-state index in [0.717, 1.165) is 0 Å². The molecule has 0 N–H and O–H groups in total. The number of nitrogens with zero attached hydrogens (tertiary/aromatic N) is 1. The second kappa shape index (κ2) is 3.75. The fourth-order valence-electron chi connectivity index (χ4n) is 0.810. The number of hydrogen-bond acceptors (Lipinski definition) is 1. The minimum Gasteiger partial charge on any atom is -0.207 e. The molecule has 0 radical (unpaired) electrons. The first-order valence-corrected chi connectivity index (χ1v) is 3.91. The second-order valence-electron chi connectivity index (χ2n) is 2.16. The summed E-state index contributed by atoms with van der Waals surface area (Å²) in [5.41, 5.74) is 0.159. The lowest BCUT2D eigenvalue weighted by Gasteiger charge is -2.02. The highest BCUT2D eigenvalue weighted by Gasteiger charge is 2.09. The zero-order chi connectivity index (χ0) is 9.14. The number of benzene rings is 1. The lowest BCUT2D eigenvalue weighted by molar-refractivity contribution is 0.615. The van der Waals surface area contributed by atoms with E-state index in [9.17, 15) is 4.39 Å². The average molecular weight is 204 g/mol. The summed E-state index contributed by atoms with van der Waals surface area (Å²) in [6.45, 7) is 0. The number of rotatable bonds is 1. The van der Waals surface area contributed by atoms with Gasteiger partial charge in [0.05, 0.1) is 22.5 Å². The third kappa shape index (κ3) is 1.69. The molecular weight excluding hydrogens is 200 g/mol. The maximum Gasteiger partial charge on any atom is 0.129 e. The van der Waals surface area contributed by atoms with Crippen molar-refractivity contribution in [2.24, 2.45) is 0 Å². The molecule has 0 bridgehead atoms. The Morgan fingerprint density at radius 2 is 2.08 bits per heavy atom. The molecule has 0 atom stereocenters. The van der Waals surface area contributed by atoms with E-state index < -0.39 is 5.82 Å². The molecule has 0 aliphatic carbocycles. The third-order valence-corrected chi connectivity index (χ3v) is 2.24. The minimum absolute atomic E-state index is 0.0643. The van der Waals surface area contributed by atoms with E-state index in [4.69, 9.17) is 28.5 Å². The molecule has 0 spiro atoms. The van der Waals surface area contributed by atoms with Crippen LogP contribution in [0.15, 0.2) is 12.1 Å². The molecule has 0 aromatic heterocycles. The zero-order valence-corrected chi connectivity index (χ0v) is 7.45. The molecule has 62 valence electrons. The molecular formula is C8H4Cl2FN. The van der Waals surface area contributed by atoms with Crippen LogP contribution in [0.1, 0.15) is 5.56 Å². The van der Waals surface area contributed by atoms with E-state index in [-0.39, 0.29) is 22.0 Å². The summed E-state index contributed by atoms with van der Waals surface area (Å²) in [7, 11) is 0. The molecule has 0 heterocycles. The topological polar surface area (TPSA) is 23.8 Å². The third-order valence-electron chi connectivity index (χ3n) is 1.39. The molecule has 0 saturated carbocycles.